The van der Waals surface area contributed by atoms with Crippen LogP contribution in [0.4, 0.5) is 10.3 Å². The molecule has 6 heteroatoms. The zero-order valence-electron chi connectivity index (χ0n) is 11.4. The molecule has 1 aromatic heterocycles. The quantitative estimate of drug-likeness (QED) is 0.879. The van der Waals surface area contributed by atoms with Gasteiger partial charge in [0.15, 0.2) is 5.78 Å². The number of nitrogens with one attached hydrogen (secondary N) is 1. The number of amides is 1. The average molecular weight is 286 g/mol. The molecule has 0 saturated heterocycles. The summed E-state index contributed by atoms with van der Waals surface area (Å²) in [6, 6.07) is 6.92. The fourth-order valence-electron chi connectivity index (χ4n) is 1.97. The molecule has 21 heavy (non-hydrogen) atoms. The van der Waals surface area contributed by atoms with Crippen LogP contribution in [-0.2, 0) is 0 Å². The number of halogens is 1. The number of carbonyl (C=O) groups is 2. The Morgan fingerprint density at radius 2 is 2.10 bits per heavy atom. The van der Waals surface area contributed by atoms with E-state index in [1.807, 2.05) is 6.07 Å². The third kappa shape index (κ3) is 2.82. The van der Waals surface area contributed by atoms with Gasteiger partial charge in [-0.05, 0) is 32.0 Å². The number of rotatable bonds is 3. The summed E-state index contributed by atoms with van der Waals surface area (Å²) in [5.41, 5.74) is 0.175. The van der Waals surface area contributed by atoms with Gasteiger partial charge >= 0.3 is 0 Å². The highest BCUT2D eigenvalue weighted by Gasteiger charge is 2.22. The van der Waals surface area contributed by atoms with Crippen LogP contribution in [0.1, 0.15) is 39.0 Å². The normalized spacial score (nSPS) is 10.0. The highest BCUT2D eigenvalue weighted by atomic mass is 19.1. The minimum Gasteiger partial charge on any atom is -0.443 e. The third-order valence-electron chi connectivity index (χ3n) is 2.86. The lowest BCUT2D eigenvalue weighted by atomic mass is 10.1. The van der Waals surface area contributed by atoms with Crippen LogP contribution in [0.5, 0.6) is 0 Å². The number of benzene rings is 1. The Bertz CT molecular complexity index is 772. The Morgan fingerprint density at radius 3 is 2.67 bits per heavy atom. The first-order valence-corrected chi connectivity index (χ1v) is 6.05. The van der Waals surface area contributed by atoms with Crippen LogP contribution in [0.3, 0.4) is 0 Å². The van der Waals surface area contributed by atoms with Crippen LogP contribution in [0.2, 0.25) is 0 Å². The second kappa shape index (κ2) is 5.59. The molecule has 2 rings (SSSR count). The summed E-state index contributed by atoms with van der Waals surface area (Å²) in [6.07, 6.45) is 0. The molecule has 5 nitrogen and oxygen atoms in total. The molecule has 106 valence electrons. The first-order chi connectivity index (χ1) is 9.93. The molecule has 0 saturated carbocycles. The van der Waals surface area contributed by atoms with E-state index in [0.717, 1.165) is 6.07 Å². The van der Waals surface area contributed by atoms with Crippen molar-refractivity contribution >= 4 is 17.6 Å². The van der Waals surface area contributed by atoms with Crippen molar-refractivity contribution in [1.82, 2.24) is 0 Å². The zero-order valence-corrected chi connectivity index (χ0v) is 11.4. The van der Waals surface area contributed by atoms with Crippen molar-refractivity contribution < 1.29 is 18.4 Å². The largest absolute Gasteiger partial charge is 0.443 e. The monoisotopic (exact) mass is 286 g/mol. The number of aryl methyl sites for hydroxylation is 1. The van der Waals surface area contributed by atoms with Gasteiger partial charge in [0.2, 0.25) is 5.88 Å². The zero-order chi connectivity index (χ0) is 15.6. The number of anilines is 1. The maximum atomic E-state index is 13.1. The van der Waals surface area contributed by atoms with E-state index in [2.05, 4.69) is 5.32 Å². The van der Waals surface area contributed by atoms with Crippen molar-refractivity contribution in [1.29, 1.82) is 5.26 Å². The van der Waals surface area contributed by atoms with E-state index in [1.54, 1.807) is 0 Å². The number of carbonyl (C=O) groups excluding carboxylic acids is 2. The van der Waals surface area contributed by atoms with E-state index in [1.165, 1.54) is 32.0 Å². The molecule has 1 N–H and O–H groups in total. The lowest BCUT2D eigenvalue weighted by Crippen LogP contribution is -2.12. The number of furan rings is 1. The summed E-state index contributed by atoms with van der Waals surface area (Å²) in [4.78, 5) is 23.5. The molecular formula is C15H11FN2O3. The number of hydrogen-bond acceptors (Lipinski definition) is 4. The molecule has 0 unspecified atom stereocenters. The van der Waals surface area contributed by atoms with E-state index < -0.39 is 11.7 Å². The van der Waals surface area contributed by atoms with Crippen LogP contribution < -0.4 is 5.32 Å². The van der Waals surface area contributed by atoms with E-state index in [4.69, 9.17) is 9.68 Å². The Hall–Kier alpha value is -2.94. The van der Waals surface area contributed by atoms with Gasteiger partial charge < -0.3 is 4.42 Å². The summed E-state index contributed by atoms with van der Waals surface area (Å²) in [7, 11) is 0. The molecule has 1 heterocycles. The minimum atomic E-state index is -0.630. The Balaban J connectivity index is 2.37. The molecule has 0 fully saturated rings. The summed E-state index contributed by atoms with van der Waals surface area (Å²) in [5, 5.41) is 11.5. The topological polar surface area (TPSA) is 83.1 Å². The van der Waals surface area contributed by atoms with Crippen molar-refractivity contribution in [2.75, 3.05) is 5.32 Å². The van der Waals surface area contributed by atoms with Gasteiger partial charge in [0.05, 0.1) is 5.56 Å². The van der Waals surface area contributed by atoms with Crippen LogP contribution >= 0.6 is 0 Å². The SMILES string of the molecule is CC(=O)c1c(C)oc(NC(=O)c2cccc(F)c2)c1C#N. The van der Waals surface area contributed by atoms with E-state index in [0.29, 0.717) is 0 Å². The number of nitriles is 1. The Morgan fingerprint density at radius 1 is 1.38 bits per heavy atom. The second-order valence-corrected chi connectivity index (χ2v) is 4.37. The summed E-state index contributed by atoms with van der Waals surface area (Å²) in [6.45, 7) is 2.83. The van der Waals surface area contributed by atoms with Gasteiger partial charge in [-0.2, -0.15) is 5.26 Å². The molecule has 0 radical (unpaired) electrons. The van der Waals surface area contributed by atoms with Crippen molar-refractivity contribution in [3.05, 3.63) is 52.5 Å². The summed E-state index contributed by atoms with van der Waals surface area (Å²) >= 11 is 0. The van der Waals surface area contributed by atoms with Crippen molar-refractivity contribution in [3.8, 4) is 6.07 Å². The van der Waals surface area contributed by atoms with Crippen molar-refractivity contribution in [2.24, 2.45) is 0 Å². The Kier molecular flexibility index (Phi) is 3.85. The lowest BCUT2D eigenvalue weighted by molar-refractivity contribution is 0.101. The average Bonchev–Trinajstić information content (AvgIpc) is 2.74. The first-order valence-electron chi connectivity index (χ1n) is 6.05. The third-order valence-corrected chi connectivity index (χ3v) is 2.86. The van der Waals surface area contributed by atoms with Crippen LogP contribution in [0, 0.1) is 24.1 Å². The standard InChI is InChI=1S/C15H11FN2O3/c1-8(19)13-9(2)21-15(12(13)7-17)18-14(20)10-4-3-5-11(16)6-10/h3-6H,1-2H3,(H,18,20). The molecule has 1 amide bonds. The van der Waals surface area contributed by atoms with Gasteiger partial charge in [-0.15, -0.1) is 0 Å². The van der Waals surface area contributed by atoms with Crippen molar-refractivity contribution in [2.45, 2.75) is 13.8 Å². The van der Waals surface area contributed by atoms with Gasteiger partial charge in [0, 0.05) is 5.56 Å². The van der Waals surface area contributed by atoms with Gasteiger partial charge in [-0.3, -0.25) is 14.9 Å². The highest BCUT2D eigenvalue weighted by Crippen LogP contribution is 2.27. The number of Topliss-reactive ketones (excluding diaryl/α,β-unsaturated/α-hetero) is 1. The molecule has 0 aliphatic heterocycles. The lowest BCUT2D eigenvalue weighted by Gasteiger charge is -2.02. The van der Waals surface area contributed by atoms with Crippen LogP contribution in [0.15, 0.2) is 28.7 Å². The maximum Gasteiger partial charge on any atom is 0.258 e. The van der Waals surface area contributed by atoms with Crippen LogP contribution in [-0.4, -0.2) is 11.7 Å². The molecule has 0 bridgehead atoms. The van der Waals surface area contributed by atoms with Gasteiger partial charge in [-0.25, -0.2) is 4.39 Å². The predicted molar refractivity (Wildman–Crippen MR) is 72.5 cm³/mol. The molecule has 1 aromatic carbocycles. The summed E-state index contributed by atoms with van der Waals surface area (Å²) in [5.74, 6) is -1.39. The highest BCUT2D eigenvalue weighted by molar-refractivity contribution is 6.06. The fourth-order valence-corrected chi connectivity index (χ4v) is 1.97. The number of ketones is 1. The molecule has 0 aliphatic carbocycles. The van der Waals surface area contributed by atoms with E-state index in [-0.39, 0.29) is 34.1 Å². The van der Waals surface area contributed by atoms with Gasteiger partial charge in [-0.1, -0.05) is 6.07 Å². The van der Waals surface area contributed by atoms with Crippen molar-refractivity contribution in [3.63, 3.8) is 0 Å². The molecule has 0 atom stereocenters. The second-order valence-electron chi connectivity index (χ2n) is 4.37. The summed E-state index contributed by atoms with van der Waals surface area (Å²) < 4.78 is 18.3. The fraction of sp³-hybridized carbons (Fsp3) is 0.133. The number of nitrogens with zero attached hydrogens (tertiary/aromatic N) is 1. The minimum absolute atomic E-state index is 0.0373. The van der Waals surface area contributed by atoms with Crippen LogP contribution in [0.25, 0.3) is 0 Å². The Labute approximate surface area is 120 Å². The molecule has 0 spiro atoms. The predicted octanol–water partition coefficient (Wildman–Crippen LogP) is 3.05. The van der Waals surface area contributed by atoms with E-state index >= 15 is 0 Å². The number of hydrogen-bond donors (Lipinski definition) is 1. The van der Waals surface area contributed by atoms with E-state index in [9.17, 15) is 14.0 Å². The molecule has 2 aromatic rings. The maximum absolute atomic E-state index is 13.1. The molecule has 0 aliphatic rings. The van der Waals surface area contributed by atoms with Gasteiger partial charge in [0.25, 0.3) is 5.91 Å². The van der Waals surface area contributed by atoms with Gasteiger partial charge in [0.1, 0.15) is 23.2 Å². The smallest absolute Gasteiger partial charge is 0.258 e. The first kappa shape index (κ1) is 14.5. The molecular weight excluding hydrogens is 275 g/mol.